The summed E-state index contributed by atoms with van der Waals surface area (Å²) in [7, 11) is 0. The van der Waals surface area contributed by atoms with Gasteiger partial charge in [-0.1, -0.05) is 23.2 Å². The summed E-state index contributed by atoms with van der Waals surface area (Å²) < 4.78 is 0. The second-order valence-electron chi connectivity index (χ2n) is 5.83. The molecule has 104 valence electrons. The first kappa shape index (κ1) is 14.6. The van der Waals surface area contributed by atoms with E-state index in [1.165, 1.54) is 0 Å². The van der Waals surface area contributed by atoms with Crippen LogP contribution in [0.15, 0.2) is 6.07 Å². The van der Waals surface area contributed by atoms with E-state index in [9.17, 15) is 4.79 Å². The van der Waals surface area contributed by atoms with E-state index in [4.69, 9.17) is 28.3 Å². The van der Waals surface area contributed by atoms with Gasteiger partial charge in [-0.3, -0.25) is 4.90 Å². The SMILES string of the molecule is CC(C)(C)N1CCc2c(cc(Cl)c(C(=O)O)c2Cl)C1. The highest BCUT2D eigenvalue weighted by molar-refractivity contribution is 6.39. The van der Waals surface area contributed by atoms with Gasteiger partial charge in [0.15, 0.2) is 0 Å². The summed E-state index contributed by atoms with van der Waals surface area (Å²) in [5.74, 6) is -1.07. The van der Waals surface area contributed by atoms with Crippen molar-refractivity contribution in [3.63, 3.8) is 0 Å². The molecule has 1 N–H and O–H groups in total. The van der Waals surface area contributed by atoms with Crippen LogP contribution in [0, 0.1) is 0 Å². The van der Waals surface area contributed by atoms with Crippen molar-refractivity contribution < 1.29 is 9.90 Å². The van der Waals surface area contributed by atoms with Gasteiger partial charge in [-0.15, -0.1) is 0 Å². The molecule has 0 saturated heterocycles. The first-order chi connectivity index (χ1) is 8.71. The van der Waals surface area contributed by atoms with Crippen LogP contribution in [0.3, 0.4) is 0 Å². The van der Waals surface area contributed by atoms with Crippen molar-refractivity contribution in [1.29, 1.82) is 0 Å². The minimum Gasteiger partial charge on any atom is -0.478 e. The predicted molar refractivity (Wildman–Crippen MR) is 77.3 cm³/mol. The summed E-state index contributed by atoms with van der Waals surface area (Å²) in [6, 6.07) is 1.74. The Balaban J connectivity index is 2.46. The average Bonchev–Trinajstić information content (AvgIpc) is 2.26. The number of carboxylic acids is 1. The number of rotatable bonds is 1. The highest BCUT2D eigenvalue weighted by Gasteiger charge is 2.29. The summed E-state index contributed by atoms with van der Waals surface area (Å²) >= 11 is 12.2. The van der Waals surface area contributed by atoms with E-state index in [0.29, 0.717) is 5.02 Å². The van der Waals surface area contributed by atoms with Crippen molar-refractivity contribution >= 4 is 29.2 Å². The molecular formula is C14H17Cl2NO2. The first-order valence-corrected chi connectivity index (χ1v) is 6.95. The Hall–Kier alpha value is -0.770. The molecule has 0 aromatic heterocycles. The molecule has 0 aliphatic carbocycles. The standard InChI is InChI=1S/C14H17Cl2NO2/c1-14(2,3)17-5-4-9-8(7-17)6-10(15)11(12(9)16)13(18)19/h6H,4-5,7H2,1-3H3,(H,18,19). The zero-order chi connectivity index (χ0) is 14.4. The minimum absolute atomic E-state index is 0.0197. The van der Waals surface area contributed by atoms with E-state index in [1.807, 2.05) is 0 Å². The van der Waals surface area contributed by atoms with Crippen LogP contribution < -0.4 is 0 Å². The molecule has 0 amide bonds. The average molecular weight is 302 g/mol. The number of benzene rings is 1. The van der Waals surface area contributed by atoms with Gasteiger partial charge in [-0.25, -0.2) is 4.79 Å². The quantitative estimate of drug-likeness (QED) is 0.856. The molecule has 1 aliphatic heterocycles. The van der Waals surface area contributed by atoms with Gasteiger partial charge in [0.25, 0.3) is 0 Å². The van der Waals surface area contributed by atoms with E-state index in [1.54, 1.807) is 6.07 Å². The maximum atomic E-state index is 11.2. The molecule has 1 aromatic carbocycles. The van der Waals surface area contributed by atoms with Gasteiger partial charge in [0.2, 0.25) is 0 Å². The molecule has 0 unspecified atom stereocenters. The lowest BCUT2D eigenvalue weighted by Gasteiger charge is -2.39. The molecule has 1 aromatic rings. The van der Waals surface area contributed by atoms with Crippen molar-refractivity contribution in [3.05, 3.63) is 32.8 Å². The predicted octanol–water partition coefficient (Wildman–Crippen LogP) is 3.85. The Bertz CT molecular complexity index is 535. The third-order valence-electron chi connectivity index (χ3n) is 3.57. The Kier molecular flexibility index (Phi) is 3.83. The van der Waals surface area contributed by atoms with Crippen LogP contribution in [0.4, 0.5) is 0 Å². The van der Waals surface area contributed by atoms with Gasteiger partial charge in [0.05, 0.1) is 15.6 Å². The number of carbonyl (C=O) groups is 1. The fraction of sp³-hybridized carbons (Fsp3) is 0.500. The highest BCUT2D eigenvalue weighted by atomic mass is 35.5. The molecule has 0 saturated carbocycles. The Morgan fingerprint density at radius 1 is 1.37 bits per heavy atom. The van der Waals surface area contributed by atoms with Gasteiger partial charge in [-0.2, -0.15) is 0 Å². The number of fused-ring (bicyclic) bond motifs is 1. The molecule has 5 heteroatoms. The third-order valence-corrected chi connectivity index (χ3v) is 4.28. The maximum Gasteiger partial charge on any atom is 0.338 e. The molecule has 0 radical (unpaired) electrons. The molecule has 0 bridgehead atoms. The summed E-state index contributed by atoms with van der Waals surface area (Å²) in [5.41, 5.74) is 2.04. The summed E-state index contributed by atoms with van der Waals surface area (Å²) in [6.45, 7) is 8.10. The zero-order valence-electron chi connectivity index (χ0n) is 11.3. The van der Waals surface area contributed by atoms with E-state index < -0.39 is 5.97 Å². The smallest absolute Gasteiger partial charge is 0.338 e. The van der Waals surface area contributed by atoms with Gasteiger partial charge in [-0.05, 0) is 44.4 Å². The van der Waals surface area contributed by atoms with E-state index in [2.05, 4.69) is 25.7 Å². The number of hydrogen-bond acceptors (Lipinski definition) is 2. The fourth-order valence-electron chi connectivity index (χ4n) is 2.42. The van der Waals surface area contributed by atoms with Crippen LogP contribution >= 0.6 is 23.2 Å². The normalized spacial score (nSPS) is 16.3. The molecule has 0 fully saturated rings. The molecule has 1 heterocycles. The highest BCUT2D eigenvalue weighted by Crippen LogP contribution is 2.35. The largest absolute Gasteiger partial charge is 0.478 e. The summed E-state index contributed by atoms with van der Waals surface area (Å²) in [6.07, 6.45) is 0.753. The lowest BCUT2D eigenvalue weighted by atomic mass is 9.93. The number of hydrogen-bond donors (Lipinski definition) is 1. The van der Waals surface area contributed by atoms with Crippen LogP contribution in [0.25, 0.3) is 0 Å². The third kappa shape index (κ3) is 2.73. The summed E-state index contributed by atoms with van der Waals surface area (Å²) in [5, 5.41) is 9.66. The molecule has 0 atom stereocenters. The number of nitrogens with zero attached hydrogens (tertiary/aromatic N) is 1. The Labute approximate surface area is 123 Å². The van der Waals surface area contributed by atoms with Crippen LogP contribution in [-0.4, -0.2) is 28.1 Å². The van der Waals surface area contributed by atoms with Crippen molar-refractivity contribution in [3.8, 4) is 0 Å². The Morgan fingerprint density at radius 3 is 2.53 bits per heavy atom. The van der Waals surface area contributed by atoms with E-state index in [-0.39, 0.29) is 16.1 Å². The van der Waals surface area contributed by atoms with Gasteiger partial charge >= 0.3 is 5.97 Å². The minimum atomic E-state index is -1.07. The summed E-state index contributed by atoms with van der Waals surface area (Å²) in [4.78, 5) is 13.5. The van der Waals surface area contributed by atoms with Crippen LogP contribution in [-0.2, 0) is 13.0 Å². The van der Waals surface area contributed by atoms with Gasteiger partial charge in [0, 0.05) is 18.6 Å². The van der Waals surface area contributed by atoms with Crippen LogP contribution in [0.2, 0.25) is 10.0 Å². The lowest BCUT2D eigenvalue weighted by Crippen LogP contribution is -2.44. The Morgan fingerprint density at radius 2 is 2.00 bits per heavy atom. The van der Waals surface area contributed by atoms with Crippen LogP contribution in [0.5, 0.6) is 0 Å². The molecule has 2 rings (SSSR count). The van der Waals surface area contributed by atoms with Crippen molar-refractivity contribution in [2.45, 2.75) is 39.3 Å². The monoisotopic (exact) mass is 301 g/mol. The first-order valence-electron chi connectivity index (χ1n) is 6.20. The lowest BCUT2D eigenvalue weighted by molar-refractivity contribution is 0.0696. The van der Waals surface area contributed by atoms with Crippen molar-refractivity contribution in [2.75, 3.05) is 6.54 Å². The second kappa shape index (κ2) is 4.97. The number of aromatic carboxylic acids is 1. The molecule has 19 heavy (non-hydrogen) atoms. The molecule has 0 spiro atoms. The number of halogens is 2. The fourth-order valence-corrected chi connectivity index (χ4v) is 3.17. The molecular weight excluding hydrogens is 285 g/mol. The van der Waals surface area contributed by atoms with Gasteiger partial charge < -0.3 is 5.11 Å². The van der Waals surface area contributed by atoms with Gasteiger partial charge in [0.1, 0.15) is 0 Å². The van der Waals surface area contributed by atoms with Crippen molar-refractivity contribution in [1.82, 2.24) is 4.90 Å². The van der Waals surface area contributed by atoms with Crippen molar-refractivity contribution in [2.24, 2.45) is 0 Å². The molecule has 1 aliphatic rings. The second-order valence-corrected chi connectivity index (χ2v) is 6.62. The maximum absolute atomic E-state index is 11.2. The van der Waals surface area contributed by atoms with Crippen LogP contribution in [0.1, 0.15) is 42.3 Å². The van der Waals surface area contributed by atoms with E-state index in [0.717, 1.165) is 30.6 Å². The number of carboxylic acid groups (broad SMARTS) is 1. The van der Waals surface area contributed by atoms with E-state index >= 15 is 0 Å². The zero-order valence-corrected chi connectivity index (χ0v) is 12.8. The topological polar surface area (TPSA) is 40.5 Å². The molecule has 3 nitrogen and oxygen atoms in total.